The van der Waals surface area contributed by atoms with Crippen molar-refractivity contribution in [2.45, 2.75) is 51.0 Å². The number of pyridine rings is 1. The van der Waals surface area contributed by atoms with E-state index in [-0.39, 0.29) is 17.7 Å². The van der Waals surface area contributed by atoms with Crippen molar-refractivity contribution in [3.63, 3.8) is 0 Å². The van der Waals surface area contributed by atoms with E-state index in [1.54, 1.807) is 16.0 Å². The molecule has 0 spiro atoms. The number of anilines is 3. The van der Waals surface area contributed by atoms with Gasteiger partial charge in [-0.05, 0) is 54.8 Å². The molecule has 15 nitrogen and oxygen atoms in total. The summed E-state index contributed by atoms with van der Waals surface area (Å²) < 4.78 is 5.55. The number of imide groups is 1. The van der Waals surface area contributed by atoms with Crippen LogP contribution in [0.4, 0.5) is 22.0 Å². The van der Waals surface area contributed by atoms with Crippen LogP contribution in [-0.2, 0) is 34.0 Å². The van der Waals surface area contributed by atoms with Gasteiger partial charge >= 0.3 is 6.03 Å². The van der Waals surface area contributed by atoms with E-state index in [9.17, 15) is 19.2 Å². The number of nitrogens with one attached hydrogen (secondary N) is 3. The first-order valence-corrected chi connectivity index (χ1v) is 18.9. The lowest BCUT2D eigenvalue weighted by Gasteiger charge is -2.43. The van der Waals surface area contributed by atoms with Gasteiger partial charge in [-0.15, -0.1) is 0 Å². The van der Waals surface area contributed by atoms with Gasteiger partial charge in [0.1, 0.15) is 0 Å². The standard InChI is InChI=1S/C40H46N10O5/c1-55-36(27-5-3-2-4-6-27)39(53)49-25-33-34(26-49)44-45-37(33)43-38(52)28-7-10-30(11-8-28)47-16-13-31(14-17-47)48-21-19-46(20-22-48)24-29-9-12-32(23-41-29)50-18-15-35(51)42-40(50)54/h2-12,23,31,36H,13-22,24-26H2,1H3,(H,42,51,54)(H2,43,44,45,52)/t36-/m1/s1. The van der Waals surface area contributed by atoms with Gasteiger partial charge in [0.05, 0.1) is 36.4 Å². The van der Waals surface area contributed by atoms with Crippen molar-refractivity contribution in [3.05, 3.63) is 101 Å². The zero-order valence-electron chi connectivity index (χ0n) is 30.9. The van der Waals surface area contributed by atoms with E-state index >= 15 is 0 Å². The van der Waals surface area contributed by atoms with Gasteiger partial charge < -0.3 is 19.9 Å². The maximum absolute atomic E-state index is 13.3. The fourth-order valence-corrected chi connectivity index (χ4v) is 8.06. The van der Waals surface area contributed by atoms with Crippen molar-refractivity contribution in [2.75, 3.05) is 68.0 Å². The number of amides is 5. The minimum absolute atomic E-state index is 0.140. The summed E-state index contributed by atoms with van der Waals surface area (Å²) in [6.07, 6.45) is 3.47. The Morgan fingerprint density at radius 3 is 2.33 bits per heavy atom. The number of carbonyl (C=O) groups is 4. The number of piperazine rings is 1. The Kier molecular flexibility index (Phi) is 10.6. The molecule has 4 aromatic rings. The number of benzene rings is 2. The number of nitrogens with zero attached hydrogens (tertiary/aromatic N) is 7. The van der Waals surface area contributed by atoms with Crippen LogP contribution in [-0.4, -0.2) is 113 Å². The maximum atomic E-state index is 13.3. The number of ether oxygens (including phenoxy) is 1. The van der Waals surface area contributed by atoms with Crippen molar-refractivity contribution in [1.82, 2.24) is 35.2 Å². The first-order chi connectivity index (χ1) is 26.8. The van der Waals surface area contributed by atoms with Crippen molar-refractivity contribution in [1.29, 1.82) is 0 Å². The number of rotatable bonds is 10. The van der Waals surface area contributed by atoms with Crippen molar-refractivity contribution < 1.29 is 23.9 Å². The van der Waals surface area contributed by atoms with Crippen LogP contribution in [0.25, 0.3) is 0 Å². The Morgan fingerprint density at radius 1 is 0.891 bits per heavy atom. The lowest BCUT2D eigenvalue weighted by molar-refractivity contribution is -0.143. The zero-order valence-corrected chi connectivity index (χ0v) is 30.9. The van der Waals surface area contributed by atoms with E-state index in [4.69, 9.17) is 4.74 Å². The second kappa shape index (κ2) is 16.0. The third kappa shape index (κ3) is 7.95. The minimum atomic E-state index is -0.703. The van der Waals surface area contributed by atoms with Gasteiger partial charge in [0, 0.05) is 88.7 Å². The molecule has 0 radical (unpaired) electrons. The van der Waals surface area contributed by atoms with E-state index in [1.165, 1.54) is 7.11 Å². The van der Waals surface area contributed by atoms with Gasteiger partial charge in [-0.25, -0.2) is 4.79 Å². The zero-order chi connectivity index (χ0) is 37.9. The number of piperidine rings is 1. The molecule has 0 saturated carbocycles. The number of hydrogen-bond acceptors (Lipinski definition) is 10. The fourth-order valence-electron chi connectivity index (χ4n) is 8.06. The van der Waals surface area contributed by atoms with E-state index < -0.39 is 12.1 Å². The summed E-state index contributed by atoms with van der Waals surface area (Å²) in [6, 6.07) is 21.2. The smallest absolute Gasteiger partial charge is 0.328 e. The average molecular weight is 747 g/mol. The molecule has 3 saturated heterocycles. The van der Waals surface area contributed by atoms with Crippen LogP contribution in [0, 0.1) is 0 Å². The monoisotopic (exact) mass is 746 g/mol. The molecular weight excluding hydrogens is 701 g/mol. The summed E-state index contributed by atoms with van der Waals surface area (Å²) in [5.41, 5.74) is 5.71. The van der Waals surface area contributed by atoms with E-state index in [1.807, 2.05) is 66.7 Å². The van der Waals surface area contributed by atoms with Crippen molar-refractivity contribution in [2.24, 2.45) is 0 Å². The van der Waals surface area contributed by atoms with Crippen molar-refractivity contribution >= 4 is 40.9 Å². The van der Waals surface area contributed by atoms with Gasteiger partial charge in [-0.3, -0.25) is 44.5 Å². The van der Waals surface area contributed by atoms with Crippen LogP contribution < -0.4 is 20.4 Å². The van der Waals surface area contributed by atoms with E-state index in [2.05, 4.69) is 40.5 Å². The van der Waals surface area contributed by atoms with Crippen LogP contribution in [0.5, 0.6) is 0 Å². The predicted octanol–water partition coefficient (Wildman–Crippen LogP) is 3.52. The van der Waals surface area contributed by atoms with Crippen LogP contribution >= 0.6 is 0 Å². The van der Waals surface area contributed by atoms with Crippen LogP contribution in [0.3, 0.4) is 0 Å². The number of aromatic amines is 1. The minimum Gasteiger partial charge on any atom is -0.371 e. The van der Waals surface area contributed by atoms with Crippen molar-refractivity contribution in [3.8, 4) is 0 Å². The quantitative estimate of drug-likeness (QED) is 0.219. The molecule has 8 rings (SSSR count). The molecule has 15 heteroatoms. The molecule has 1 atom stereocenters. The van der Waals surface area contributed by atoms with Gasteiger partial charge in [-0.2, -0.15) is 5.10 Å². The Labute approximate surface area is 319 Å². The highest BCUT2D eigenvalue weighted by atomic mass is 16.5. The van der Waals surface area contributed by atoms with Gasteiger partial charge in [0.15, 0.2) is 11.9 Å². The summed E-state index contributed by atoms with van der Waals surface area (Å²) in [5, 5.41) is 12.6. The van der Waals surface area contributed by atoms with Gasteiger partial charge in [0.25, 0.3) is 11.8 Å². The van der Waals surface area contributed by atoms with Crippen LogP contribution in [0.15, 0.2) is 72.9 Å². The maximum Gasteiger partial charge on any atom is 0.328 e. The summed E-state index contributed by atoms with van der Waals surface area (Å²) in [7, 11) is 1.53. The number of fused-ring (bicyclic) bond motifs is 1. The summed E-state index contributed by atoms with van der Waals surface area (Å²) in [4.78, 5) is 65.5. The van der Waals surface area contributed by atoms with E-state index in [0.717, 1.165) is 86.9 Å². The molecule has 3 fully saturated rings. The second-order valence-corrected chi connectivity index (χ2v) is 14.5. The molecule has 0 bridgehead atoms. The molecule has 5 amide bonds. The molecule has 4 aliphatic heterocycles. The topological polar surface area (TPSA) is 159 Å². The molecule has 3 N–H and O–H groups in total. The van der Waals surface area contributed by atoms with E-state index in [0.29, 0.717) is 49.2 Å². The van der Waals surface area contributed by atoms with Gasteiger partial charge in [-0.1, -0.05) is 30.3 Å². The summed E-state index contributed by atoms with van der Waals surface area (Å²) in [6.45, 7) is 7.73. The molecule has 4 aliphatic rings. The van der Waals surface area contributed by atoms with Gasteiger partial charge in [0.2, 0.25) is 5.91 Å². The molecule has 0 unspecified atom stereocenters. The second-order valence-electron chi connectivity index (χ2n) is 14.5. The SMILES string of the molecule is CO[C@@H](C(=O)N1Cc2[nH]nc(NC(=O)c3ccc(N4CCC(N5CCN(Cc6ccc(N7CCC(=O)NC7=O)cn6)CC5)CC4)cc3)c2C1)c1ccccc1. The highest BCUT2D eigenvalue weighted by Gasteiger charge is 2.34. The normalized spacial score (nSPS) is 19.0. The third-order valence-electron chi connectivity index (χ3n) is 11.2. The Balaban J connectivity index is 0.777. The predicted molar refractivity (Wildman–Crippen MR) is 205 cm³/mol. The number of aromatic nitrogens is 3. The molecule has 2 aromatic carbocycles. The van der Waals surface area contributed by atoms with Crippen LogP contribution in [0.2, 0.25) is 0 Å². The summed E-state index contributed by atoms with van der Waals surface area (Å²) in [5.74, 6) is -0.197. The lowest BCUT2D eigenvalue weighted by Crippen LogP contribution is -2.53. The molecule has 286 valence electrons. The highest BCUT2D eigenvalue weighted by Crippen LogP contribution is 2.31. The third-order valence-corrected chi connectivity index (χ3v) is 11.2. The Bertz CT molecular complexity index is 2010. The largest absolute Gasteiger partial charge is 0.371 e. The highest BCUT2D eigenvalue weighted by molar-refractivity contribution is 6.05. The average Bonchev–Trinajstić information content (AvgIpc) is 3.81. The van der Waals surface area contributed by atoms with Crippen LogP contribution in [0.1, 0.15) is 58.2 Å². The number of hydrogen-bond donors (Lipinski definition) is 3. The summed E-state index contributed by atoms with van der Waals surface area (Å²) >= 11 is 0. The number of methoxy groups -OCH3 is 1. The number of urea groups is 1. The fraction of sp³-hybridized carbons (Fsp3) is 0.400. The Hall–Kier alpha value is -5.64. The molecular formula is C40H46N10O5. The Morgan fingerprint density at radius 2 is 1.64 bits per heavy atom. The lowest BCUT2D eigenvalue weighted by atomic mass is 10.0. The number of H-pyrrole nitrogens is 1. The molecule has 0 aliphatic carbocycles. The molecule has 55 heavy (non-hydrogen) atoms. The molecule has 2 aromatic heterocycles. The molecule has 6 heterocycles. The first kappa shape index (κ1) is 36.3. The first-order valence-electron chi connectivity index (χ1n) is 18.9. The number of carbonyl (C=O) groups excluding carboxylic acids is 4.